The first-order valence-electron chi connectivity index (χ1n) is 9.00. The summed E-state index contributed by atoms with van der Waals surface area (Å²) in [4.78, 5) is 12.4. The monoisotopic (exact) mass is 392 g/mol. The topological polar surface area (TPSA) is 104 Å². The largest absolute Gasteiger partial charge is 0.379 e. The van der Waals surface area contributed by atoms with E-state index in [1.54, 1.807) is 30.3 Å². The normalized spacial score (nSPS) is 15.6. The fourth-order valence-corrected chi connectivity index (χ4v) is 4.27. The summed E-state index contributed by atoms with van der Waals surface area (Å²) >= 11 is 0. The molecule has 0 radical (unpaired) electrons. The Hall–Kier alpha value is -2.23. The molecule has 1 amide bonds. The van der Waals surface area contributed by atoms with Gasteiger partial charge in [0.15, 0.2) is 0 Å². The van der Waals surface area contributed by atoms with Gasteiger partial charge in [-0.25, -0.2) is 8.42 Å². The zero-order valence-electron chi connectivity index (χ0n) is 15.3. The number of morpholine rings is 1. The highest BCUT2D eigenvalue weighted by Crippen LogP contribution is 2.17. The van der Waals surface area contributed by atoms with Gasteiger partial charge in [0.1, 0.15) is 5.69 Å². The Bertz CT molecular complexity index is 871. The third-order valence-electron chi connectivity index (χ3n) is 4.37. The number of nitrogens with one attached hydrogen (secondary N) is 2. The Morgan fingerprint density at radius 1 is 1.26 bits per heavy atom. The molecule has 1 fully saturated rings. The molecule has 1 aliphatic heterocycles. The van der Waals surface area contributed by atoms with Crippen LogP contribution in [0.25, 0.3) is 0 Å². The van der Waals surface area contributed by atoms with E-state index in [9.17, 15) is 13.2 Å². The molecule has 0 unspecified atom stereocenters. The van der Waals surface area contributed by atoms with Gasteiger partial charge < -0.3 is 10.1 Å². The van der Waals surface area contributed by atoms with Gasteiger partial charge in [-0.1, -0.05) is 25.5 Å². The summed E-state index contributed by atoms with van der Waals surface area (Å²) in [5.41, 5.74) is 2.10. The highest BCUT2D eigenvalue weighted by Gasteiger charge is 2.26. The van der Waals surface area contributed by atoms with E-state index in [-0.39, 0.29) is 10.8 Å². The van der Waals surface area contributed by atoms with Gasteiger partial charge in [0.05, 0.1) is 18.1 Å². The number of carbonyl (C=O) groups excluding carboxylic acids is 1. The van der Waals surface area contributed by atoms with Gasteiger partial charge in [0, 0.05) is 25.3 Å². The molecule has 0 saturated carbocycles. The molecule has 1 saturated heterocycles. The molecule has 2 aromatic rings. The number of hydrogen-bond donors (Lipinski definition) is 2. The second kappa shape index (κ2) is 8.64. The lowest BCUT2D eigenvalue weighted by atomic mass is 10.2. The molecule has 2 heterocycles. The van der Waals surface area contributed by atoms with Crippen LogP contribution >= 0.6 is 0 Å². The quantitative estimate of drug-likeness (QED) is 0.739. The molecule has 3 rings (SSSR count). The van der Waals surface area contributed by atoms with Crippen molar-refractivity contribution in [1.82, 2.24) is 19.8 Å². The van der Waals surface area contributed by atoms with E-state index in [2.05, 4.69) is 22.4 Å². The number of aryl methyl sites for hydroxylation is 1. The van der Waals surface area contributed by atoms with Gasteiger partial charge in [-0.05, 0) is 30.2 Å². The number of carbonyl (C=O) groups is 1. The molecule has 146 valence electrons. The lowest BCUT2D eigenvalue weighted by Crippen LogP contribution is -2.40. The Morgan fingerprint density at radius 3 is 2.63 bits per heavy atom. The Kier molecular flexibility index (Phi) is 6.25. The van der Waals surface area contributed by atoms with Crippen molar-refractivity contribution in [3.63, 3.8) is 0 Å². The zero-order chi connectivity index (χ0) is 19.3. The van der Waals surface area contributed by atoms with Crippen LogP contribution in [0.5, 0.6) is 0 Å². The van der Waals surface area contributed by atoms with Crippen molar-refractivity contribution in [3.8, 4) is 0 Å². The van der Waals surface area contributed by atoms with E-state index in [0.29, 0.717) is 38.5 Å². The molecular formula is C18H24N4O4S. The summed E-state index contributed by atoms with van der Waals surface area (Å²) in [7, 11) is -3.50. The van der Waals surface area contributed by atoms with Crippen LogP contribution in [0.2, 0.25) is 0 Å². The SMILES string of the molecule is CCCc1cc(C(=O)NCc2ccc(S(=O)(=O)N3CCOCC3)cc2)n[nH]1. The second-order valence-corrected chi connectivity index (χ2v) is 8.31. The van der Waals surface area contributed by atoms with Crippen LogP contribution < -0.4 is 5.32 Å². The summed E-state index contributed by atoms with van der Waals surface area (Å²) < 4.78 is 31.8. The van der Waals surface area contributed by atoms with Crippen LogP contribution in [0.15, 0.2) is 35.2 Å². The van der Waals surface area contributed by atoms with Crippen LogP contribution in [0.4, 0.5) is 0 Å². The van der Waals surface area contributed by atoms with E-state index in [1.165, 1.54) is 4.31 Å². The highest BCUT2D eigenvalue weighted by atomic mass is 32.2. The average molecular weight is 392 g/mol. The smallest absolute Gasteiger partial charge is 0.272 e. The minimum absolute atomic E-state index is 0.246. The van der Waals surface area contributed by atoms with Crippen molar-refractivity contribution < 1.29 is 17.9 Å². The summed E-state index contributed by atoms with van der Waals surface area (Å²) in [6.45, 7) is 3.91. The lowest BCUT2D eigenvalue weighted by molar-refractivity contribution is 0.0730. The third kappa shape index (κ3) is 4.74. The minimum atomic E-state index is -3.50. The van der Waals surface area contributed by atoms with Crippen molar-refractivity contribution in [3.05, 3.63) is 47.3 Å². The molecule has 1 aromatic heterocycles. The first kappa shape index (κ1) is 19.5. The van der Waals surface area contributed by atoms with E-state index in [0.717, 1.165) is 24.1 Å². The van der Waals surface area contributed by atoms with Crippen LogP contribution in [-0.2, 0) is 27.7 Å². The van der Waals surface area contributed by atoms with Gasteiger partial charge in [-0.2, -0.15) is 9.40 Å². The fraction of sp³-hybridized carbons (Fsp3) is 0.444. The van der Waals surface area contributed by atoms with E-state index < -0.39 is 10.0 Å². The maximum absolute atomic E-state index is 12.6. The van der Waals surface area contributed by atoms with E-state index in [1.807, 2.05) is 0 Å². The first-order valence-corrected chi connectivity index (χ1v) is 10.4. The zero-order valence-corrected chi connectivity index (χ0v) is 16.1. The van der Waals surface area contributed by atoms with E-state index >= 15 is 0 Å². The van der Waals surface area contributed by atoms with Gasteiger partial charge in [0.25, 0.3) is 5.91 Å². The number of H-pyrrole nitrogens is 1. The van der Waals surface area contributed by atoms with E-state index in [4.69, 9.17) is 4.74 Å². The molecule has 0 bridgehead atoms. The number of hydrogen-bond acceptors (Lipinski definition) is 5. The molecule has 0 aliphatic carbocycles. The number of aromatic amines is 1. The molecule has 0 spiro atoms. The highest BCUT2D eigenvalue weighted by molar-refractivity contribution is 7.89. The molecular weight excluding hydrogens is 368 g/mol. The van der Waals surface area contributed by atoms with Crippen molar-refractivity contribution in [2.75, 3.05) is 26.3 Å². The number of nitrogens with zero attached hydrogens (tertiary/aromatic N) is 2. The summed E-state index contributed by atoms with van der Waals surface area (Å²) in [5.74, 6) is -0.265. The number of rotatable bonds is 7. The van der Waals surface area contributed by atoms with Gasteiger partial charge in [0.2, 0.25) is 10.0 Å². The predicted octanol–water partition coefficient (Wildman–Crippen LogP) is 1.31. The number of aromatic nitrogens is 2. The molecule has 9 heteroatoms. The lowest BCUT2D eigenvalue weighted by Gasteiger charge is -2.26. The van der Waals surface area contributed by atoms with Crippen LogP contribution in [0.1, 0.15) is 35.1 Å². The summed E-state index contributed by atoms with van der Waals surface area (Å²) in [6, 6.07) is 8.30. The molecule has 27 heavy (non-hydrogen) atoms. The van der Waals surface area contributed by atoms with Crippen molar-refractivity contribution in [1.29, 1.82) is 0 Å². The van der Waals surface area contributed by atoms with Gasteiger partial charge in [-0.3, -0.25) is 9.89 Å². The van der Waals surface area contributed by atoms with Crippen molar-refractivity contribution in [2.45, 2.75) is 31.2 Å². The molecule has 2 N–H and O–H groups in total. The van der Waals surface area contributed by atoms with Crippen molar-refractivity contribution >= 4 is 15.9 Å². The Balaban J connectivity index is 1.59. The molecule has 0 atom stereocenters. The Morgan fingerprint density at radius 2 is 1.96 bits per heavy atom. The maximum Gasteiger partial charge on any atom is 0.272 e. The molecule has 1 aliphatic rings. The minimum Gasteiger partial charge on any atom is -0.379 e. The van der Waals surface area contributed by atoms with Gasteiger partial charge in [-0.15, -0.1) is 0 Å². The summed E-state index contributed by atoms with van der Waals surface area (Å²) in [5, 5.41) is 9.66. The maximum atomic E-state index is 12.6. The standard InChI is InChI=1S/C18H24N4O4S/c1-2-3-15-12-17(21-20-15)18(23)19-13-14-4-6-16(7-5-14)27(24,25)22-8-10-26-11-9-22/h4-7,12H,2-3,8-11,13H2,1H3,(H,19,23)(H,20,21). The second-order valence-electron chi connectivity index (χ2n) is 6.37. The number of amides is 1. The molecule has 1 aromatic carbocycles. The average Bonchev–Trinajstić information content (AvgIpc) is 3.16. The van der Waals surface area contributed by atoms with Crippen LogP contribution in [0, 0.1) is 0 Å². The van der Waals surface area contributed by atoms with Gasteiger partial charge >= 0.3 is 0 Å². The van der Waals surface area contributed by atoms with Crippen LogP contribution in [0.3, 0.4) is 0 Å². The van der Waals surface area contributed by atoms with Crippen LogP contribution in [-0.4, -0.2) is 55.1 Å². The number of sulfonamides is 1. The first-order chi connectivity index (χ1) is 13.0. The third-order valence-corrected chi connectivity index (χ3v) is 6.28. The predicted molar refractivity (Wildman–Crippen MR) is 99.8 cm³/mol. The summed E-state index contributed by atoms with van der Waals surface area (Å²) in [6.07, 6.45) is 1.82. The van der Waals surface area contributed by atoms with Crippen molar-refractivity contribution in [2.24, 2.45) is 0 Å². The number of benzene rings is 1. The number of ether oxygens (including phenoxy) is 1. The fourth-order valence-electron chi connectivity index (χ4n) is 2.86. The Labute approximate surface area is 159 Å². The molecule has 8 nitrogen and oxygen atoms in total.